The first-order chi connectivity index (χ1) is 6.96. The lowest BCUT2D eigenvalue weighted by Crippen LogP contribution is -2.21. The fourth-order valence-electron chi connectivity index (χ4n) is 1.55. The van der Waals surface area contributed by atoms with Crippen LogP contribution >= 0.6 is 0 Å². The molecule has 86 valence electrons. The van der Waals surface area contributed by atoms with Crippen molar-refractivity contribution in [1.82, 2.24) is 15.0 Å². The van der Waals surface area contributed by atoms with Gasteiger partial charge >= 0.3 is 0 Å². The summed E-state index contributed by atoms with van der Waals surface area (Å²) in [5, 5.41) is 7.91. The monoisotopic (exact) mass is 212 g/mol. The van der Waals surface area contributed by atoms with Crippen LogP contribution in [0.4, 0.5) is 5.82 Å². The Balaban J connectivity index is 2.80. The van der Waals surface area contributed by atoms with Crippen LogP contribution in [0.25, 0.3) is 0 Å². The van der Waals surface area contributed by atoms with E-state index in [2.05, 4.69) is 31.1 Å². The van der Waals surface area contributed by atoms with E-state index in [-0.39, 0.29) is 5.41 Å². The molecule has 0 unspecified atom stereocenters. The number of hydrogen-bond acceptors (Lipinski definition) is 4. The molecule has 0 aliphatic carbocycles. The number of hydrogen-bond donors (Lipinski definition) is 1. The van der Waals surface area contributed by atoms with Crippen molar-refractivity contribution >= 4 is 5.82 Å². The first-order valence-electron chi connectivity index (χ1n) is 5.24. The Labute approximate surface area is 90.6 Å². The van der Waals surface area contributed by atoms with Gasteiger partial charge in [0.25, 0.3) is 0 Å². The predicted octanol–water partition coefficient (Wildman–Crippen LogP) is 1.19. The minimum atomic E-state index is -0.0419. The molecule has 0 atom stereocenters. The molecule has 1 heterocycles. The molecule has 0 saturated carbocycles. The Hall–Kier alpha value is -1.10. The topological polar surface area (TPSA) is 66.0 Å². The fraction of sp³-hybridized carbons (Fsp3) is 0.800. The van der Waals surface area contributed by atoms with Gasteiger partial charge < -0.3 is 10.5 Å². The SMILES string of the molecule is CCOCCn1nnc(N)c1C(C)(C)C. The molecular weight excluding hydrogens is 192 g/mol. The average molecular weight is 212 g/mol. The van der Waals surface area contributed by atoms with Gasteiger partial charge in [-0.05, 0) is 6.92 Å². The number of nitrogens with zero attached hydrogens (tertiary/aromatic N) is 3. The number of nitrogen functional groups attached to an aromatic ring is 1. The van der Waals surface area contributed by atoms with Crippen LogP contribution in [0.5, 0.6) is 0 Å². The molecule has 0 bridgehead atoms. The van der Waals surface area contributed by atoms with E-state index in [9.17, 15) is 0 Å². The van der Waals surface area contributed by atoms with E-state index in [1.165, 1.54) is 0 Å². The number of rotatable bonds is 4. The highest BCUT2D eigenvalue weighted by molar-refractivity contribution is 5.37. The third-order valence-electron chi connectivity index (χ3n) is 2.12. The number of ether oxygens (including phenoxy) is 1. The van der Waals surface area contributed by atoms with E-state index in [0.29, 0.717) is 19.0 Å². The van der Waals surface area contributed by atoms with Crippen molar-refractivity contribution in [2.45, 2.75) is 39.7 Å². The highest BCUT2D eigenvalue weighted by Gasteiger charge is 2.23. The molecule has 0 spiro atoms. The van der Waals surface area contributed by atoms with Crippen LogP contribution in [-0.4, -0.2) is 28.2 Å². The van der Waals surface area contributed by atoms with E-state index in [1.807, 2.05) is 11.6 Å². The summed E-state index contributed by atoms with van der Waals surface area (Å²) in [5.74, 6) is 0.513. The smallest absolute Gasteiger partial charge is 0.169 e. The molecule has 0 fully saturated rings. The van der Waals surface area contributed by atoms with Crippen LogP contribution in [0.3, 0.4) is 0 Å². The fourth-order valence-corrected chi connectivity index (χ4v) is 1.55. The molecule has 5 nitrogen and oxygen atoms in total. The molecule has 0 aliphatic rings. The minimum absolute atomic E-state index is 0.0419. The van der Waals surface area contributed by atoms with Gasteiger partial charge in [-0.1, -0.05) is 26.0 Å². The first-order valence-corrected chi connectivity index (χ1v) is 5.24. The summed E-state index contributed by atoms with van der Waals surface area (Å²) in [7, 11) is 0. The largest absolute Gasteiger partial charge is 0.381 e. The normalized spacial score (nSPS) is 12.0. The molecule has 1 rings (SSSR count). The zero-order valence-corrected chi connectivity index (χ0v) is 9.95. The molecule has 0 amide bonds. The second kappa shape index (κ2) is 4.61. The highest BCUT2D eigenvalue weighted by Crippen LogP contribution is 2.25. The standard InChI is InChI=1S/C10H20N4O/c1-5-15-7-6-14-8(10(2,3)4)9(11)12-13-14/h5-7,11H2,1-4H3. The quantitative estimate of drug-likeness (QED) is 0.761. The Bertz CT molecular complexity index is 314. The van der Waals surface area contributed by atoms with Crippen LogP contribution in [-0.2, 0) is 16.7 Å². The molecule has 1 aromatic rings. The maximum atomic E-state index is 5.80. The molecule has 1 aromatic heterocycles. The second-order valence-electron chi connectivity index (χ2n) is 4.49. The van der Waals surface area contributed by atoms with Crippen LogP contribution in [0.1, 0.15) is 33.4 Å². The van der Waals surface area contributed by atoms with Gasteiger partial charge in [0.05, 0.1) is 18.8 Å². The summed E-state index contributed by atoms with van der Waals surface area (Å²) in [5.41, 5.74) is 6.73. The number of nitrogens with two attached hydrogens (primary N) is 1. The average Bonchev–Trinajstić information content (AvgIpc) is 2.47. The summed E-state index contributed by atoms with van der Waals surface area (Å²) in [6, 6.07) is 0. The van der Waals surface area contributed by atoms with E-state index in [1.54, 1.807) is 0 Å². The van der Waals surface area contributed by atoms with Gasteiger partial charge in [-0.15, -0.1) is 5.10 Å². The number of anilines is 1. The Kier molecular flexibility index (Phi) is 3.68. The lowest BCUT2D eigenvalue weighted by molar-refractivity contribution is 0.134. The minimum Gasteiger partial charge on any atom is -0.381 e. The zero-order valence-electron chi connectivity index (χ0n) is 9.95. The summed E-state index contributed by atoms with van der Waals surface area (Å²) < 4.78 is 7.11. The third-order valence-corrected chi connectivity index (χ3v) is 2.12. The highest BCUT2D eigenvalue weighted by atomic mass is 16.5. The van der Waals surface area contributed by atoms with E-state index < -0.39 is 0 Å². The summed E-state index contributed by atoms with van der Waals surface area (Å²) in [4.78, 5) is 0. The molecule has 0 aromatic carbocycles. The Morgan fingerprint density at radius 2 is 2.07 bits per heavy atom. The van der Waals surface area contributed by atoms with Crippen LogP contribution in [0, 0.1) is 0 Å². The van der Waals surface area contributed by atoms with Crippen molar-refractivity contribution < 1.29 is 4.74 Å². The van der Waals surface area contributed by atoms with Crippen LogP contribution in [0.15, 0.2) is 0 Å². The van der Waals surface area contributed by atoms with Gasteiger partial charge in [-0.3, -0.25) is 0 Å². The third kappa shape index (κ3) is 2.92. The summed E-state index contributed by atoms with van der Waals surface area (Å²) in [6.07, 6.45) is 0. The molecule has 0 aliphatic heterocycles. The van der Waals surface area contributed by atoms with Gasteiger partial charge in [-0.2, -0.15) is 0 Å². The van der Waals surface area contributed by atoms with Crippen LogP contribution < -0.4 is 5.73 Å². The lowest BCUT2D eigenvalue weighted by Gasteiger charge is -2.19. The van der Waals surface area contributed by atoms with Gasteiger partial charge in [-0.25, -0.2) is 4.68 Å². The van der Waals surface area contributed by atoms with E-state index in [4.69, 9.17) is 10.5 Å². The summed E-state index contributed by atoms with van der Waals surface area (Å²) >= 11 is 0. The Morgan fingerprint density at radius 1 is 1.40 bits per heavy atom. The van der Waals surface area contributed by atoms with Gasteiger partial charge in [0, 0.05) is 12.0 Å². The lowest BCUT2D eigenvalue weighted by atomic mass is 9.92. The Morgan fingerprint density at radius 3 is 2.60 bits per heavy atom. The first kappa shape index (κ1) is 12.0. The van der Waals surface area contributed by atoms with Gasteiger partial charge in [0.1, 0.15) is 0 Å². The zero-order chi connectivity index (χ0) is 11.5. The van der Waals surface area contributed by atoms with E-state index in [0.717, 1.165) is 12.3 Å². The molecule has 15 heavy (non-hydrogen) atoms. The molecule has 2 N–H and O–H groups in total. The van der Waals surface area contributed by atoms with Crippen molar-refractivity contribution in [3.8, 4) is 0 Å². The van der Waals surface area contributed by atoms with Crippen molar-refractivity contribution in [3.63, 3.8) is 0 Å². The summed E-state index contributed by atoms with van der Waals surface area (Å²) in [6.45, 7) is 10.3. The van der Waals surface area contributed by atoms with Crippen molar-refractivity contribution in [2.24, 2.45) is 0 Å². The van der Waals surface area contributed by atoms with E-state index >= 15 is 0 Å². The molecule has 0 saturated heterocycles. The molecule has 5 heteroatoms. The predicted molar refractivity (Wildman–Crippen MR) is 59.6 cm³/mol. The molecule has 0 radical (unpaired) electrons. The maximum Gasteiger partial charge on any atom is 0.169 e. The van der Waals surface area contributed by atoms with Crippen molar-refractivity contribution in [1.29, 1.82) is 0 Å². The van der Waals surface area contributed by atoms with Gasteiger partial charge in [0.15, 0.2) is 5.82 Å². The van der Waals surface area contributed by atoms with Crippen molar-refractivity contribution in [3.05, 3.63) is 5.69 Å². The number of aromatic nitrogens is 3. The molecular formula is C10H20N4O. The van der Waals surface area contributed by atoms with Crippen LogP contribution in [0.2, 0.25) is 0 Å². The second-order valence-corrected chi connectivity index (χ2v) is 4.49. The van der Waals surface area contributed by atoms with Gasteiger partial charge in [0.2, 0.25) is 0 Å². The van der Waals surface area contributed by atoms with Crippen molar-refractivity contribution in [2.75, 3.05) is 18.9 Å². The maximum absolute atomic E-state index is 5.80.